The minimum Gasteiger partial charge on any atom is -0.464 e. The molecule has 3 aromatic carbocycles. The van der Waals surface area contributed by atoms with Crippen LogP contribution in [-0.2, 0) is 4.74 Å². The first-order valence-electron chi connectivity index (χ1n) is 13.5. The van der Waals surface area contributed by atoms with E-state index >= 15 is 0 Å². The van der Waals surface area contributed by atoms with Crippen LogP contribution in [0.3, 0.4) is 0 Å². The number of ketones is 2. The molecule has 1 aliphatic rings. The van der Waals surface area contributed by atoms with Gasteiger partial charge in [-0.05, 0) is 49.2 Å². The lowest BCUT2D eigenvalue weighted by Crippen LogP contribution is -2.54. The van der Waals surface area contributed by atoms with Crippen LogP contribution in [0.15, 0.2) is 83.5 Å². The molecule has 10 heteroatoms. The molecule has 2 aromatic heterocycles. The number of hydrogen-bond acceptors (Lipinski definition) is 6. The Labute approximate surface area is 262 Å². The van der Waals surface area contributed by atoms with Crippen LogP contribution >= 0.6 is 34.8 Å². The largest absolute Gasteiger partial charge is 0.464 e. The van der Waals surface area contributed by atoms with Gasteiger partial charge in [-0.25, -0.2) is 0 Å². The molecule has 1 aliphatic heterocycles. The SMILES string of the molecule is Cc1ccccc1C(=O)C(O)[C@H]1O[C@@H](n2c(Cl)c(-c3ccco3)c3cc(Cl)c(Cl)cc32)C[C@@]1(O)C(=O)c1ccccc1C. The second-order valence-corrected chi connectivity index (χ2v) is 11.9. The van der Waals surface area contributed by atoms with E-state index in [1.165, 1.54) is 6.26 Å². The van der Waals surface area contributed by atoms with Gasteiger partial charge in [0.2, 0.25) is 0 Å². The van der Waals surface area contributed by atoms with E-state index in [0.717, 1.165) is 0 Å². The number of halogens is 3. The van der Waals surface area contributed by atoms with Crippen LogP contribution in [0.5, 0.6) is 0 Å². The van der Waals surface area contributed by atoms with E-state index in [9.17, 15) is 19.8 Å². The number of rotatable bonds is 7. The van der Waals surface area contributed by atoms with Gasteiger partial charge in [-0.15, -0.1) is 0 Å². The van der Waals surface area contributed by atoms with Crippen molar-refractivity contribution in [1.82, 2.24) is 4.57 Å². The molecule has 0 amide bonds. The number of benzene rings is 3. The summed E-state index contributed by atoms with van der Waals surface area (Å²) in [4.78, 5) is 27.7. The molecule has 4 atom stereocenters. The molecule has 0 bridgehead atoms. The quantitative estimate of drug-likeness (QED) is 0.178. The molecule has 1 fully saturated rings. The van der Waals surface area contributed by atoms with Crippen LogP contribution in [0.4, 0.5) is 0 Å². The Bertz CT molecular complexity index is 1880. The number of fused-ring (bicyclic) bond motifs is 1. The normalized spacial score (nSPS) is 20.9. The van der Waals surface area contributed by atoms with Crippen molar-refractivity contribution in [2.45, 2.75) is 44.3 Å². The highest BCUT2D eigenvalue weighted by Crippen LogP contribution is 2.48. The summed E-state index contributed by atoms with van der Waals surface area (Å²) in [6.07, 6.45) is -3.45. The average Bonchev–Trinajstić information content (AvgIpc) is 3.69. The predicted octanol–water partition coefficient (Wildman–Crippen LogP) is 7.62. The number of aliphatic hydroxyl groups is 2. The molecule has 5 aromatic rings. The molecular formula is C33H26Cl3NO6. The Balaban J connectivity index is 1.51. The monoisotopic (exact) mass is 637 g/mol. The average molecular weight is 639 g/mol. The number of nitrogens with zero attached hydrogens (tertiary/aromatic N) is 1. The third kappa shape index (κ3) is 4.90. The Kier molecular flexibility index (Phi) is 7.75. The maximum absolute atomic E-state index is 14.1. The number of aryl methyl sites for hydroxylation is 2. The van der Waals surface area contributed by atoms with Crippen LogP contribution < -0.4 is 0 Å². The van der Waals surface area contributed by atoms with Crippen LogP contribution in [0.25, 0.3) is 22.2 Å². The topological polar surface area (TPSA) is 102 Å². The Morgan fingerprint density at radius 2 is 1.56 bits per heavy atom. The second-order valence-electron chi connectivity index (χ2n) is 10.7. The van der Waals surface area contributed by atoms with Crippen molar-refractivity contribution in [2.24, 2.45) is 0 Å². The van der Waals surface area contributed by atoms with Gasteiger partial charge in [0.15, 0.2) is 17.2 Å². The lowest BCUT2D eigenvalue weighted by Gasteiger charge is -2.30. The first-order valence-corrected chi connectivity index (χ1v) is 14.6. The van der Waals surface area contributed by atoms with Crippen molar-refractivity contribution >= 4 is 57.3 Å². The van der Waals surface area contributed by atoms with Crippen LogP contribution in [0.2, 0.25) is 15.2 Å². The highest BCUT2D eigenvalue weighted by atomic mass is 35.5. The molecule has 0 spiro atoms. The van der Waals surface area contributed by atoms with E-state index in [1.807, 2.05) is 0 Å². The molecule has 6 rings (SSSR count). The van der Waals surface area contributed by atoms with Gasteiger partial charge in [-0.3, -0.25) is 9.59 Å². The fourth-order valence-corrected chi connectivity index (χ4v) is 6.56. The maximum atomic E-state index is 14.1. The fraction of sp³-hybridized carbons (Fsp3) is 0.212. The number of carbonyl (C=O) groups is 2. The second kappa shape index (κ2) is 11.2. The number of hydrogen-bond donors (Lipinski definition) is 2. The Morgan fingerprint density at radius 1 is 0.930 bits per heavy atom. The summed E-state index contributed by atoms with van der Waals surface area (Å²) >= 11 is 19.8. The smallest absolute Gasteiger partial charge is 0.197 e. The summed E-state index contributed by atoms with van der Waals surface area (Å²) < 4.78 is 13.5. The molecule has 43 heavy (non-hydrogen) atoms. The van der Waals surface area contributed by atoms with Crippen LogP contribution in [-0.4, -0.2) is 44.2 Å². The van der Waals surface area contributed by atoms with Gasteiger partial charge in [0.25, 0.3) is 0 Å². The molecule has 0 saturated carbocycles. The fourth-order valence-electron chi connectivity index (χ4n) is 5.84. The molecule has 0 radical (unpaired) electrons. The van der Waals surface area contributed by atoms with Gasteiger partial charge >= 0.3 is 0 Å². The summed E-state index contributed by atoms with van der Waals surface area (Å²) in [6, 6.07) is 20.2. The summed E-state index contributed by atoms with van der Waals surface area (Å²) in [7, 11) is 0. The third-order valence-electron chi connectivity index (χ3n) is 8.05. The van der Waals surface area contributed by atoms with Gasteiger partial charge in [0.1, 0.15) is 29.3 Å². The predicted molar refractivity (Wildman–Crippen MR) is 165 cm³/mol. The maximum Gasteiger partial charge on any atom is 0.197 e. The molecule has 2 N–H and O–H groups in total. The van der Waals surface area contributed by atoms with Gasteiger partial charge in [-0.2, -0.15) is 0 Å². The van der Waals surface area contributed by atoms with Crippen LogP contribution in [0, 0.1) is 13.8 Å². The van der Waals surface area contributed by atoms with E-state index in [1.54, 1.807) is 91.2 Å². The first-order chi connectivity index (χ1) is 20.5. The lowest BCUT2D eigenvalue weighted by atomic mass is 9.81. The molecule has 1 saturated heterocycles. The standard InChI is InChI=1S/C33H26Cl3NO6/c1-17-8-3-5-10-19(17)28(38)29(39)31-33(41,30(40)20-11-6-4-9-18(20)2)16-26(43-31)37-24-15-23(35)22(34)14-21(24)27(32(37)36)25-12-7-13-42-25/h3-15,26,29,31,39,41H,16H2,1-2H3/t26-,29?,31-,33-/m1/s1. The van der Waals surface area contributed by atoms with Gasteiger partial charge in [0, 0.05) is 22.9 Å². The van der Waals surface area contributed by atoms with Gasteiger partial charge in [0.05, 0.1) is 27.4 Å². The third-order valence-corrected chi connectivity index (χ3v) is 9.14. The Morgan fingerprint density at radius 3 is 2.19 bits per heavy atom. The van der Waals surface area contributed by atoms with Gasteiger partial charge in [-0.1, -0.05) is 83.3 Å². The zero-order chi connectivity index (χ0) is 30.6. The van der Waals surface area contributed by atoms with E-state index in [-0.39, 0.29) is 32.7 Å². The first kappa shape index (κ1) is 29.6. The van der Waals surface area contributed by atoms with Crippen molar-refractivity contribution in [2.75, 3.05) is 0 Å². The number of aliphatic hydroxyl groups excluding tert-OH is 1. The minimum absolute atomic E-state index is 0.166. The Hall–Kier alpha value is -3.43. The van der Waals surface area contributed by atoms with E-state index in [0.29, 0.717) is 33.4 Å². The van der Waals surface area contributed by atoms with Crippen molar-refractivity contribution < 1.29 is 29.0 Å². The molecule has 7 nitrogen and oxygen atoms in total. The van der Waals surface area contributed by atoms with E-state index < -0.39 is 35.6 Å². The zero-order valence-corrected chi connectivity index (χ0v) is 25.3. The minimum atomic E-state index is -2.31. The van der Waals surface area contributed by atoms with Crippen molar-refractivity contribution in [1.29, 1.82) is 0 Å². The highest BCUT2D eigenvalue weighted by Gasteiger charge is 2.58. The summed E-state index contributed by atoms with van der Waals surface area (Å²) in [5, 5.41) is 25.0. The summed E-state index contributed by atoms with van der Waals surface area (Å²) in [5.41, 5.74) is 0.412. The summed E-state index contributed by atoms with van der Waals surface area (Å²) in [6.45, 7) is 3.48. The number of ether oxygens (including phenoxy) is 1. The number of furan rings is 1. The number of aromatic nitrogens is 1. The van der Waals surface area contributed by atoms with E-state index in [2.05, 4.69) is 0 Å². The van der Waals surface area contributed by atoms with Crippen molar-refractivity contribution in [3.05, 3.63) is 117 Å². The molecular weight excluding hydrogens is 613 g/mol. The zero-order valence-electron chi connectivity index (χ0n) is 23.1. The molecule has 220 valence electrons. The van der Waals surface area contributed by atoms with Crippen molar-refractivity contribution in [3.63, 3.8) is 0 Å². The molecule has 0 aliphatic carbocycles. The van der Waals surface area contributed by atoms with Crippen molar-refractivity contribution in [3.8, 4) is 11.3 Å². The van der Waals surface area contributed by atoms with Gasteiger partial charge < -0.3 is 23.9 Å². The highest BCUT2D eigenvalue weighted by molar-refractivity contribution is 6.43. The van der Waals surface area contributed by atoms with E-state index in [4.69, 9.17) is 44.0 Å². The summed E-state index contributed by atoms with van der Waals surface area (Å²) in [5.74, 6) is -0.924. The molecule has 3 heterocycles. The number of carbonyl (C=O) groups excluding carboxylic acids is 2. The lowest BCUT2D eigenvalue weighted by molar-refractivity contribution is -0.0900. The number of Topliss-reactive ketones (excluding diaryl/α,β-unsaturated/α-hetero) is 2. The molecule has 1 unspecified atom stereocenters. The van der Waals surface area contributed by atoms with Crippen LogP contribution in [0.1, 0.15) is 44.5 Å².